The van der Waals surface area contributed by atoms with Crippen LogP contribution in [-0.4, -0.2) is 25.1 Å². The summed E-state index contributed by atoms with van der Waals surface area (Å²) in [5, 5.41) is 7.72. The van der Waals surface area contributed by atoms with E-state index in [0.717, 1.165) is 5.56 Å². The predicted molar refractivity (Wildman–Crippen MR) is 137 cm³/mol. The van der Waals surface area contributed by atoms with Crippen molar-refractivity contribution in [1.82, 2.24) is 5.43 Å². The third kappa shape index (κ3) is 6.96. The van der Waals surface area contributed by atoms with E-state index in [1.807, 2.05) is 0 Å². The van der Waals surface area contributed by atoms with Crippen LogP contribution in [0.3, 0.4) is 0 Å². The second-order valence-corrected chi connectivity index (χ2v) is 8.70. The molecule has 10 heteroatoms. The molecule has 3 rings (SSSR count). The molecule has 0 spiro atoms. The summed E-state index contributed by atoms with van der Waals surface area (Å²) in [5.74, 6) is 0.400. The van der Waals surface area contributed by atoms with Gasteiger partial charge < -0.3 is 14.8 Å². The standard InChI is InChI=1S/C24H20BrCl2N3O4/c1-14(31)29-19-7-4-15(5-8-19)24(32)30-28-12-17-9-22(33-2)23(11-20(17)25)34-13-16-3-6-18(26)10-21(16)27/h3-12H,13H2,1-2H3,(H,29,31)(H,30,32)/b28-12-. The number of carbonyl (C=O) groups is 2. The number of ether oxygens (including phenoxy) is 2. The Balaban J connectivity index is 1.66. The Kier molecular flexibility index (Phi) is 8.92. The van der Waals surface area contributed by atoms with E-state index in [9.17, 15) is 9.59 Å². The second kappa shape index (κ2) is 11.9. The smallest absolute Gasteiger partial charge is 0.271 e. The minimum Gasteiger partial charge on any atom is -0.493 e. The number of amides is 2. The van der Waals surface area contributed by atoms with Gasteiger partial charge in [-0.2, -0.15) is 5.10 Å². The van der Waals surface area contributed by atoms with Gasteiger partial charge in [-0.15, -0.1) is 0 Å². The van der Waals surface area contributed by atoms with Crippen LogP contribution in [0.2, 0.25) is 10.0 Å². The number of hydrogen-bond donors (Lipinski definition) is 2. The molecule has 0 saturated carbocycles. The number of halogens is 3. The lowest BCUT2D eigenvalue weighted by Crippen LogP contribution is -2.17. The van der Waals surface area contributed by atoms with Crippen molar-refractivity contribution < 1.29 is 19.1 Å². The molecule has 0 aliphatic rings. The number of benzene rings is 3. The molecule has 0 aliphatic heterocycles. The Hall–Kier alpha value is -3.07. The van der Waals surface area contributed by atoms with Crippen LogP contribution in [0.5, 0.6) is 11.5 Å². The summed E-state index contributed by atoms with van der Waals surface area (Å²) in [6, 6.07) is 15.1. The van der Waals surface area contributed by atoms with Crippen molar-refractivity contribution in [3.63, 3.8) is 0 Å². The van der Waals surface area contributed by atoms with Crippen LogP contribution in [0.1, 0.15) is 28.4 Å². The molecule has 0 saturated heterocycles. The van der Waals surface area contributed by atoms with Gasteiger partial charge in [0.2, 0.25) is 5.91 Å². The monoisotopic (exact) mass is 563 g/mol. The highest BCUT2D eigenvalue weighted by Gasteiger charge is 2.11. The van der Waals surface area contributed by atoms with E-state index in [-0.39, 0.29) is 12.5 Å². The molecule has 3 aromatic carbocycles. The third-order valence-electron chi connectivity index (χ3n) is 4.52. The summed E-state index contributed by atoms with van der Waals surface area (Å²) in [5.41, 5.74) is 4.91. The van der Waals surface area contributed by atoms with E-state index in [0.29, 0.717) is 42.8 Å². The van der Waals surface area contributed by atoms with Gasteiger partial charge in [0, 0.05) is 43.8 Å². The first kappa shape index (κ1) is 25.6. The van der Waals surface area contributed by atoms with Crippen molar-refractivity contribution in [2.75, 3.05) is 12.4 Å². The van der Waals surface area contributed by atoms with Crippen LogP contribution in [-0.2, 0) is 11.4 Å². The Morgan fingerprint density at radius 3 is 2.44 bits per heavy atom. The van der Waals surface area contributed by atoms with E-state index in [4.69, 9.17) is 32.7 Å². The minimum atomic E-state index is -0.395. The van der Waals surface area contributed by atoms with Crippen LogP contribution in [0, 0.1) is 0 Å². The molecule has 0 atom stereocenters. The molecular formula is C24H20BrCl2N3O4. The number of hydrogen-bond acceptors (Lipinski definition) is 5. The Labute approximate surface area is 215 Å². The number of anilines is 1. The number of nitrogens with one attached hydrogen (secondary N) is 2. The SMILES string of the molecule is COc1cc(/C=N\NC(=O)c2ccc(NC(C)=O)cc2)c(Br)cc1OCc1ccc(Cl)cc1Cl. The Morgan fingerprint density at radius 1 is 1.06 bits per heavy atom. The average Bonchev–Trinajstić information content (AvgIpc) is 2.79. The van der Waals surface area contributed by atoms with E-state index in [2.05, 4.69) is 31.8 Å². The number of rotatable bonds is 8. The fourth-order valence-corrected chi connectivity index (χ4v) is 3.74. The summed E-state index contributed by atoms with van der Waals surface area (Å²) < 4.78 is 12.0. The van der Waals surface area contributed by atoms with Crippen molar-refractivity contribution in [2.45, 2.75) is 13.5 Å². The predicted octanol–water partition coefficient (Wildman–Crippen LogP) is 6.07. The molecule has 0 heterocycles. The van der Waals surface area contributed by atoms with E-state index < -0.39 is 5.91 Å². The summed E-state index contributed by atoms with van der Waals surface area (Å²) in [7, 11) is 1.53. The lowest BCUT2D eigenvalue weighted by molar-refractivity contribution is -0.114. The van der Waals surface area contributed by atoms with E-state index in [1.165, 1.54) is 20.2 Å². The summed E-state index contributed by atoms with van der Waals surface area (Å²) in [4.78, 5) is 23.4. The molecule has 0 fully saturated rings. The van der Waals surface area contributed by atoms with Crippen LogP contribution < -0.4 is 20.2 Å². The number of nitrogens with zero attached hydrogens (tertiary/aromatic N) is 1. The van der Waals surface area contributed by atoms with Gasteiger partial charge in [0.25, 0.3) is 5.91 Å². The van der Waals surface area contributed by atoms with Gasteiger partial charge in [0.15, 0.2) is 11.5 Å². The highest BCUT2D eigenvalue weighted by atomic mass is 79.9. The summed E-state index contributed by atoms with van der Waals surface area (Å²) >= 11 is 15.6. The van der Waals surface area contributed by atoms with Crippen molar-refractivity contribution >= 4 is 62.8 Å². The molecule has 7 nitrogen and oxygen atoms in total. The average molecular weight is 565 g/mol. The molecular weight excluding hydrogens is 545 g/mol. The maximum atomic E-state index is 12.3. The van der Waals surface area contributed by atoms with Crippen LogP contribution in [0.4, 0.5) is 5.69 Å². The number of methoxy groups -OCH3 is 1. The molecule has 3 aromatic rings. The van der Waals surface area contributed by atoms with Gasteiger partial charge >= 0.3 is 0 Å². The molecule has 2 N–H and O–H groups in total. The second-order valence-electron chi connectivity index (χ2n) is 7.01. The van der Waals surface area contributed by atoms with Crippen LogP contribution in [0.15, 0.2) is 64.2 Å². The zero-order valence-electron chi connectivity index (χ0n) is 18.2. The van der Waals surface area contributed by atoms with Crippen molar-refractivity contribution in [3.05, 3.63) is 85.8 Å². The fourth-order valence-electron chi connectivity index (χ4n) is 2.85. The first-order chi connectivity index (χ1) is 16.3. The molecule has 0 aliphatic carbocycles. The largest absolute Gasteiger partial charge is 0.493 e. The maximum Gasteiger partial charge on any atom is 0.271 e. The Bertz CT molecular complexity index is 1230. The first-order valence-corrected chi connectivity index (χ1v) is 11.5. The molecule has 2 amide bonds. The van der Waals surface area contributed by atoms with Crippen molar-refractivity contribution in [2.24, 2.45) is 5.10 Å². The van der Waals surface area contributed by atoms with Crippen molar-refractivity contribution in [1.29, 1.82) is 0 Å². The van der Waals surface area contributed by atoms with Gasteiger partial charge in [-0.1, -0.05) is 29.3 Å². The summed E-state index contributed by atoms with van der Waals surface area (Å²) in [6.07, 6.45) is 1.48. The normalized spacial score (nSPS) is 10.7. The lowest BCUT2D eigenvalue weighted by Gasteiger charge is -2.13. The number of hydrazone groups is 1. The zero-order valence-corrected chi connectivity index (χ0v) is 21.3. The number of carbonyl (C=O) groups excluding carboxylic acids is 2. The molecule has 176 valence electrons. The highest BCUT2D eigenvalue weighted by molar-refractivity contribution is 9.10. The van der Waals surface area contributed by atoms with Gasteiger partial charge in [-0.25, -0.2) is 5.43 Å². The quantitative estimate of drug-likeness (QED) is 0.257. The summed E-state index contributed by atoms with van der Waals surface area (Å²) in [6.45, 7) is 1.64. The molecule has 0 bridgehead atoms. The minimum absolute atomic E-state index is 0.187. The van der Waals surface area contributed by atoms with Crippen LogP contribution in [0.25, 0.3) is 0 Å². The van der Waals surface area contributed by atoms with Crippen LogP contribution >= 0.6 is 39.1 Å². The fraction of sp³-hybridized carbons (Fsp3) is 0.125. The topological polar surface area (TPSA) is 89.0 Å². The first-order valence-electron chi connectivity index (χ1n) is 9.92. The van der Waals surface area contributed by atoms with Crippen molar-refractivity contribution in [3.8, 4) is 11.5 Å². The van der Waals surface area contributed by atoms with Gasteiger partial charge in [0.1, 0.15) is 6.61 Å². The molecule has 34 heavy (non-hydrogen) atoms. The lowest BCUT2D eigenvalue weighted by atomic mass is 10.2. The molecule has 0 unspecified atom stereocenters. The zero-order chi connectivity index (χ0) is 24.7. The van der Waals surface area contributed by atoms with E-state index in [1.54, 1.807) is 54.6 Å². The maximum absolute atomic E-state index is 12.3. The molecule has 0 radical (unpaired) electrons. The van der Waals surface area contributed by atoms with Gasteiger partial charge in [-0.3, -0.25) is 9.59 Å². The highest BCUT2D eigenvalue weighted by Crippen LogP contribution is 2.34. The third-order valence-corrected chi connectivity index (χ3v) is 5.79. The van der Waals surface area contributed by atoms with Gasteiger partial charge in [-0.05, 0) is 64.5 Å². The van der Waals surface area contributed by atoms with Gasteiger partial charge in [0.05, 0.1) is 13.3 Å². The molecule has 0 aromatic heterocycles. The Morgan fingerprint density at radius 2 is 1.79 bits per heavy atom. The van der Waals surface area contributed by atoms with E-state index >= 15 is 0 Å².